The minimum atomic E-state index is -0.144. The Morgan fingerprint density at radius 3 is 2.48 bits per heavy atom. The van der Waals surface area contributed by atoms with Gasteiger partial charge in [-0.1, -0.05) is 36.4 Å². The van der Waals surface area contributed by atoms with E-state index in [4.69, 9.17) is 4.74 Å². The summed E-state index contributed by atoms with van der Waals surface area (Å²) in [6.45, 7) is 3.92. The van der Waals surface area contributed by atoms with E-state index in [1.54, 1.807) is 12.1 Å². The maximum absolute atomic E-state index is 12.4. The lowest BCUT2D eigenvalue weighted by Gasteiger charge is -2.11. The van der Waals surface area contributed by atoms with Gasteiger partial charge in [-0.3, -0.25) is 4.79 Å². The van der Waals surface area contributed by atoms with Crippen LogP contribution in [-0.2, 0) is 0 Å². The first-order valence-electron chi connectivity index (χ1n) is 7.69. The molecule has 0 aromatic heterocycles. The Kier molecular flexibility index (Phi) is 4.29. The smallest absolute Gasteiger partial charge is 0.255 e. The Balaban J connectivity index is 1.80. The van der Waals surface area contributed by atoms with E-state index in [-0.39, 0.29) is 12.0 Å². The normalized spacial score (nSPS) is 10.7. The van der Waals surface area contributed by atoms with E-state index in [9.17, 15) is 4.79 Å². The zero-order valence-electron chi connectivity index (χ0n) is 13.2. The van der Waals surface area contributed by atoms with Crippen LogP contribution in [0.4, 0.5) is 5.69 Å². The molecule has 0 aliphatic heterocycles. The highest BCUT2D eigenvalue weighted by Gasteiger charge is 2.08. The quantitative estimate of drug-likeness (QED) is 0.746. The third-order valence-corrected chi connectivity index (χ3v) is 3.48. The van der Waals surface area contributed by atoms with Crippen LogP contribution in [0.2, 0.25) is 0 Å². The second-order valence-corrected chi connectivity index (χ2v) is 5.71. The molecule has 0 spiro atoms. The summed E-state index contributed by atoms with van der Waals surface area (Å²) in [7, 11) is 0. The number of hydrogen-bond donors (Lipinski definition) is 1. The van der Waals surface area contributed by atoms with Crippen LogP contribution >= 0.6 is 0 Å². The molecular formula is C20H19NO2. The Hall–Kier alpha value is -2.81. The number of hydrogen-bond acceptors (Lipinski definition) is 2. The molecule has 0 unspecified atom stereocenters. The van der Waals surface area contributed by atoms with Gasteiger partial charge in [0.25, 0.3) is 5.91 Å². The van der Waals surface area contributed by atoms with Gasteiger partial charge in [0.15, 0.2) is 0 Å². The number of ether oxygens (including phenoxy) is 1. The van der Waals surface area contributed by atoms with Gasteiger partial charge in [-0.2, -0.15) is 0 Å². The summed E-state index contributed by atoms with van der Waals surface area (Å²) < 4.78 is 5.63. The predicted molar refractivity (Wildman–Crippen MR) is 94.1 cm³/mol. The van der Waals surface area contributed by atoms with E-state index < -0.39 is 0 Å². The van der Waals surface area contributed by atoms with Gasteiger partial charge in [0, 0.05) is 11.3 Å². The molecular weight excluding hydrogens is 286 g/mol. The Morgan fingerprint density at radius 2 is 1.70 bits per heavy atom. The molecule has 0 saturated carbocycles. The van der Waals surface area contributed by atoms with E-state index in [2.05, 4.69) is 5.32 Å². The third-order valence-electron chi connectivity index (χ3n) is 3.48. The van der Waals surface area contributed by atoms with Gasteiger partial charge in [0.05, 0.1) is 6.10 Å². The van der Waals surface area contributed by atoms with Crippen molar-refractivity contribution in [1.29, 1.82) is 0 Å². The molecule has 0 saturated heterocycles. The van der Waals surface area contributed by atoms with Crippen molar-refractivity contribution in [3.05, 3.63) is 72.3 Å². The van der Waals surface area contributed by atoms with Crippen LogP contribution in [-0.4, -0.2) is 12.0 Å². The number of rotatable bonds is 4. The van der Waals surface area contributed by atoms with Crippen molar-refractivity contribution >= 4 is 22.4 Å². The summed E-state index contributed by atoms with van der Waals surface area (Å²) in [5.74, 6) is 0.556. The van der Waals surface area contributed by atoms with Gasteiger partial charge < -0.3 is 10.1 Å². The van der Waals surface area contributed by atoms with Crippen molar-refractivity contribution in [2.75, 3.05) is 5.32 Å². The number of carbonyl (C=O) groups is 1. The second-order valence-electron chi connectivity index (χ2n) is 5.71. The molecule has 3 aromatic carbocycles. The van der Waals surface area contributed by atoms with Crippen LogP contribution in [0.15, 0.2) is 66.7 Å². The topological polar surface area (TPSA) is 38.3 Å². The van der Waals surface area contributed by atoms with Crippen molar-refractivity contribution in [3.63, 3.8) is 0 Å². The lowest BCUT2D eigenvalue weighted by Crippen LogP contribution is -2.12. The lowest BCUT2D eigenvalue weighted by atomic mass is 10.1. The summed E-state index contributed by atoms with van der Waals surface area (Å²) in [4.78, 5) is 12.4. The standard InChI is InChI=1S/C20H19NO2/c1-14(2)23-19-9-5-8-17(13-19)20(22)21-18-11-10-15-6-3-4-7-16(15)12-18/h3-14H,1-2H3,(H,21,22). The van der Waals surface area contributed by atoms with E-state index in [1.165, 1.54) is 0 Å². The van der Waals surface area contributed by atoms with Crippen molar-refractivity contribution in [3.8, 4) is 5.75 Å². The summed E-state index contributed by atoms with van der Waals surface area (Å²) >= 11 is 0. The molecule has 0 radical (unpaired) electrons. The number of nitrogens with one attached hydrogen (secondary N) is 1. The summed E-state index contributed by atoms with van der Waals surface area (Å²) in [5, 5.41) is 5.19. The van der Waals surface area contributed by atoms with Crippen LogP contribution in [0.1, 0.15) is 24.2 Å². The summed E-state index contributed by atoms with van der Waals surface area (Å²) in [6.07, 6.45) is 0.0776. The average Bonchev–Trinajstić information content (AvgIpc) is 2.54. The zero-order chi connectivity index (χ0) is 16.2. The molecule has 3 rings (SSSR count). The van der Waals surface area contributed by atoms with Crippen LogP contribution in [0, 0.1) is 0 Å². The molecule has 0 bridgehead atoms. The number of amides is 1. The molecule has 0 aliphatic carbocycles. The maximum Gasteiger partial charge on any atom is 0.255 e. The highest BCUT2D eigenvalue weighted by molar-refractivity contribution is 6.05. The van der Waals surface area contributed by atoms with Gasteiger partial charge in [-0.15, -0.1) is 0 Å². The van der Waals surface area contributed by atoms with Crippen LogP contribution in [0.25, 0.3) is 10.8 Å². The fourth-order valence-electron chi connectivity index (χ4n) is 2.45. The van der Waals surface area contributed by atoms with Crippen LogP contribution in [0.5, 0.6) is 5.75 Å². The van der Waals surface area contributed by atoms with E-state index >= 15 is 0 Å². The lowest BCUT2D eigenvalue weighted by molar-refractivity contribution is 0.102. The first-order valence-corrected chi connectivity index (χ1v) is 7.69. The molecule has 0 heterocycles. The molecule has 3 heteroatoms. The predicted octanol–water partition coefficient (Wildman–Crippen LogP) is 4.88. The summed E-state index contributed by atoms with van der Waals surface area (Å²) in [5.41, 5.74) is 1.36. The van der Waals surface area contributed by atoms with Crippen molar-refractivity contribution in [2.45, 2.75) is 20.0 Å². The minimum Gasteiger partial charge on any atom is -0.491 e. The van der Waals surface area contributed by atoms with Crippen molar-refractivity contribution < 1.29 is 9.53 Å². The van der Waals surface area contributed by atoms with E-state index in [1.807, 2.05) is 68.4 Å². The van der Waals surface area contributed by atoms with Crippen LogP contribution in [0.3, 0.4) is 0 Å². The zero-order valence-corrected chi connectivity index (χ0v) is 13.2. The number of anilines is 1. The Bertz CT molecular complexity index is 840. The van der Waals surface area contributed by atoms with Crippen molar-refractivity contribution in [1.82, 2.24) is 0 Å². The molecule has 1 N–H and O–H groups in total. The molecule has 0 atom stereocenters. The largest absolute Gasteiger partial charge is 0.491 e. The summed E-state index contributed by atoms with van der Waals surface area (Å²) in [6, 6.07) is 21.2. The fraction of sp³-hybridized carbons (Fsp3) is 0.150. The average molecular weight is 305 g/mol. The molecule has 1 amide bonds. The second kappa shape index (κ2) is 6.53. The molecule has 3 aromatic rings. The SMILES string of the molecule is CC(C)Oc1cccc(C(=O)Nc2ccc3ccccc3c2)c1. The van der Waals surface area contributed by atoms with Gasteiger partial charge in [-0.05, 0) is 55.0 Å². The number of fused-ring (bicyclic) bond motifs is 1. The third kappa shape index (κ3) is 3.69. The van der Waals surface area contributed by atoms with Gasteiger partial charge >= 0.3 is 0 Å². The Labute approximate surface area is 135 Å². The van der Waals surface area contributed by atoms with Gasteiger partial charge in [0.2, 0.25) is 0 Å². The van der Waals surface area contributed by atoms with Gasteiger partial charge in [-0.25, -0.2) is 0 Å². The van der Waals surface area contributed by atoms with Crippen LogP contribution < -0.4 is 10.1 Å². The number of carbonyl (C=O) groups excluding carboxylic acids is 1. The molecule has 3 nitrogen and oxygen atoms in total. The number of benzene rings is 3. The highest BCUT2D eigenvalue weighted by atomic mass is 16.5. The minimum absolute atomic E-state index is 0.0776. The Morgan fingerprint density at radius 1 is 0.913 bits per heavy atom. The molecule has 0 aliphatic rings. The first-order chi connectivity index (χ1) is 11.1. The molecule has 23 heavy (non-hydrogen) atoms. The monoisotopic (exact) mass is 305 g/mol. The highest BCUT2D eigenvalue weighted by Crippen LogP contribution is 2.20. The molecule has 116 valence electrons. The van der Waals surface area contributed by atoms with E-state index in [0.29, 0.717) is 11.3 Å². The van der Waals surface area contributed by atoms with Crippen molar-refractivity contribution in [2.24, 2.45) is 0 Å². The maximum atomic E-state index is 12.4. The van der Waals surface area contributed by atoms with E-state index in [0.717, 1.165) is 16.5 Å². The first kappa shape index (κ1) is 15.1. The molecule has 0 fully saturated rings. The fourth-order valence-corrected chi connectivity index (χ4v) is 2.45. The van der Waals surface area contributed by atoms with Gasteiger partial charge in [0.1, 0.15) is 5.75 Å².